The monoisotopic (exact) mass is 274 g/mol. The molecule has 3 heteroatoms. The summed E-state index contributed by atoms with van der Waals surface area (Å²) in [6.45, 7) is 2.25. The van der Waals surface area contributed by atoms with E-state index in [4.69, 9.17) is 10.5 Å². The highest BCUT2D eigenvalue weighted by molar-refractivity contribution is 5.47. The van der Waals surface area contributed by atoms with E-state index >= 15 is 0 Å². The Kier molecular flexibility index (Phi) is 4.16. The van der Waals surface area contributed by atoms with Crippen LogP contribution in [0.3, 0.4) is 0 Å². The standard InChI is InChI=1S/C17H26N2O/c1-20-16-10-13(9-15(18)11-16)12-19-8-4-6-14-5-2-3-7-17(14)19/h9-11,14,17H,2-8,12,18H2,1H3/t14-,17-/m1/s1. The minimum Gasteiger partial charge on any atom is -0.497 e. The molecular weight excluding hydrogens is 248 g/mol. The Morgan fingerprint density at radius 2 is 1.95 bits per heavy atom. The van der Waals surface area contributed by atoms with E-state index < -0.39 is 0 Å². The Morgan fingerprint density at radius 3 is 2.80 bits per heavy atom. The van der Waals surface area contributed by atoms with Crippen LogP contribution in [0.5, 0.6) is 5.75 Å². The Hall–Kier alpha value is -1.22. The quantitative estimate of drug-likeness (QED) is 0.858. The van der Waals surface area contributed by atoms with Gasteiger partial charge >= 0.3 is 0 Å². The van der Waals surface area contributed by atoms with Gasteiger partial charge in [-0.05, 0) is 55.8 Å². The van der Waals surface area contributed by atoms with Crippen molar-refractivity contribution >= 4 is 5.69 Å². The van der Waals surface area contributed by atoms with Crippen LogP contribution in [0.25, 0.3) is 0 Å². The molecule has 20 heavy (non-hydrogen) atoms. The summed E-state index contributed by atoms with van der Waals surface area (Å²) in [6.07, 6.45) is 8.42. The first-order chi connectivity index (χ1) is 9.76. The number of benzene rings is 1. The fourth-order valence-corrected chi connectivity index (χ4v) is 4.05. The molecule has 0 unspecified atom stereocenters. The lowest BCUT2D eigenvalue weighted by molar-refractivity contribution is 0.0547. The molecule has 1 aliphatic heterocycles. The van der Waals surface area contributed by atoms with Gasteiger partial charge in [0.2, 0.25) is 0 Å². The van der Waals surface area contributed by atoms with Gasteiger partial charge in [0.25, 0.3) is 0 Å². The molecule has 1 aliphatic carbocycles. The molecule has 1 aromatic rings. The van der Waals surface area contributed by atoms with Crippen molar-refractivity contribution in [3.8, 4) is 5.75 Å². The summed E-state index contributed by atoms with van der Waals surface area (Å²) in [5.74, 6) is 1.80. The third kappa shape index (κ3) is 2.93. The van der Waals surface area contributed by atoms with Crippen LogP contribution in [-0.2, 0) is 6.54 Å². The lowest BCUT2D eigenvalue weighted by Gasteiger charge is -2.44. The van der Waals surface area contributed by atoms with Gasteiger partial charge in [-0.1, -0.05) is 12.8 Å². The summed E-state index contributed by atoms with van der Waals surface area (Å²) in [5.41, 5.74) is 8.06. The minimum atomic E-state index is 0.796. The summed E-state index contributed by atoms with van der Waals surface area (Å²) < 4.78 is 5.33. The van der Waals surface area contributed by atoms with Crippen molar-refractivity contribution in [3.05, 3.63) is 23.8 Å². The highest BCUT2D eigenvalue weighted by atomic mass is 16.5. The van der Waals surface area contributed by atoms with Crippen LogP contribution >= 0.6 is 0 Å². The molecule has 2 aliphatic rings. The number of ether oxygens (including phenoxy) is 1. The topological polar surface area (TPSA) is 38.5 Å². The zero-order chi connectivity index (χ0) is 13.9. The molecule has 3 nitrogen and oxygen atoms in total. The summed E-state index contributed by atoms with van der Waals surface area (Å²) >= 11 is 0. The number of fused-ring (bicyclic) bond motifs is 1. The molecular formula is C17H26N2O. The smallest absolute Gasteiger partial charge is 0.121 e. The van der Waals surface area contributed by atoms with Crippen LogP contribution in [0, 0.1) is 5.92 Å². The maximum atomic E-state index is 5.97. The number of hydrogen-bond donors (Lipinski definition) is 1. The van der Waals surface area contributed by atoms with E-state index in [1.165, 1.54) is 50.6 Å². The molecule has 3 rings (SSSR count). The van der Waals surface area contributed by atoms with Gasteiger partial charge in [-0.2, -0.15) is 0 Å². The van der Waals surface area contributed by atoms with Gasteiger partial charge in [-0.25, -0.2) is 0 Å². The van der Waals surface area contributed by atoms with E-state index in [9.17, 15) is 0 Å². The average Bonchev–Trinajstić information content (AvgIpc) is 2.47. The Labute approximate surface area is 122 Å². The summed E-state index contributed by atoms with van der Waals surface area (Å²) in [7, 11) is 1.70. The Balaban J connectivity index is 1.74. The highest BCUT2D eigenvalue weighted by Crippen LogP contribution is 2.36. The van der Waals surface area contributed by atoms with Crippen LogP contribution in [0.1, 0.15) is 44.1 Å². The number of nitrogen functional groups attached to an aromatic ring is 1. The predicted octanol–water partition coefficient (Wildman–Crippen LogP) is 3.43. The number of piperidine rings is 1. The maximum absolute atomic E-state index is 5.97. The zero-order valence-corrected chi connectivity index (χ0v) is 12.5. The second kappa shape index (κ2) is 6.04. The van der Waals surface area contributed by atoms with E-state index in [1.54, 1.807) is 7.11 Å². The van der Waals surface area contributed by atoms with Crippen LogP contribution in [-0.4, -0.2) is 24.6 Å². The van der Waals surface area contributed by atoms with Gasteiger partial charge in [-0.15, -0.1) is 0 Å². The van der Waals surface area contributed by atoms with Gasteiger partial charge in [0.1, 0.15) is 5.75 Å². The lowest BCUT2D eigenvalue weighted by Crippen LogP contribution is -2.46. The molecule has 2 fully saturated rings. The van der Waals surface area contributed by atoms with Crippen LogP contribution in [0.2, 0.25) is 0 Å². The summed E-state index contributed by atoms with van der Waals surface area (Å²) in [5, 5.41) is 0. The van der Waals surface area contributed by atoms with Gasteiger partial charge in [0.15, 0.2) is 0 Å². The molecule has 1 heterocycles. The Morgan fingerprint density at radius 1 is 1.15 bits per heavy atom. The van der Waals surface area contributed by atoms with Crippen LogP contribution < -0.4 is 10.5 Å². The fourth-order valence-electron chi connectivity index (χ4n) is 4.05. The highest BCUT2D eigenvalue weighted by Gasteiger charge is 2.32. The van der Waals surface area contributed by atoms with Gasteiger partial charge in [0, 0.05) is 24.3 Å². The summed E-state index contributed by atoms with van der Waals surface area (Å²) in [4.78, 5) is 2.68. The fraction of sp³-hybridized carbons (Fsp3) is 0.647. The second-order valence-electron chi connectivity index (χ2n) is 6.34. The summed E-state index contributed by atoms with van der Waals surface area (Å²) in [6, 6.07) is 6.91. The SMILES string of the molecule is COc1cc(N)cc(CN2CCC[C@H]3CCCC[C@H]32)c1. The normalized spacial score (nSPS) is 27.1. The van der Waals surface area contributed by atoms with Crippen molar-refractivity contribution in [1.82, 2.24) is 4.90 Å². The first kappa shape index (κ1) is 13.7. The number of rotatable bonds is 3. The van der Waals surface area contributed by atoms with Crippen LogP contribution in [0.15, 0.2) is 18.2 Å². The van der Waals surface area contributed by atoms with Crippen molar-refractivity contribution in [3.63, 3.8) is 0 Å². The molecule has 0 radical (unpaired) electrons. The number of methoxy groups -OCH3 is 1. The van der Waals surface area contributed by atoms with E-state index in [-0.39, 0.29) is 0 Å². The molecule has 1 aromatic carbocycles. The van der Waals surface area contributed by atoms with Gasteiger partial charge in [0.05, 0.1) is 7.11 Å². The molecule has 110 valence electrons. The molecule has 2 N–H and O–H groups in total. The van der Waals surface area contributed by atoms with Gasteiger partial charge < -0.3 is 10.5 Å². The number of anilines is 1. The van der Waals surface area contributed by atoms with E-state index in [0.717, 1.165) is 29.9 Å². The van der Waals surface area contributed by atoms with E-state index in [1.807, 2.05) is 6.07 Å². The first-order valence-electron chi connectivity index (χ1n) is 7.94. The van der Waals surface area contributed by atoms with Crippen LogP contribution in [0.4, 0.5) is 5.69 Å². The third-order valence-corrected chi connectivity index (χ3v) is 4.97. The molecule has 0 spiro atoms. The molecule has 0 amide bonds. The first-order valence-corrected chi connectivity index (χ1v) is 7.94. The van der Waals surface area contributed by atoms with Gasteiger partial charge in [-0.3, -0.25) is 4.90 Å². The number of nitrogens with two attached hydrogens (primary N) is 1. The third-order valence-electron chi connectivity index (χ3n) is 4.97. The lowest BCUT2D eigenvalue weighted by atomic mass is 9.78. The maximum Gasteiger partial charge on any atom is 0.121 e. The van der Waals surface area contributed by atoms with Crippen molar-refractivity contribution in [2.75, 3.05) is 19.4 Å². The van der Waals surface area contributed by atoms with E-state index in [2.05, 4.69) is 17.0 Å². The number of likely N-dealkylation sites (tertiary alicyclic amines) is 1. The predicted molar refractivity (Wildman–Crippen MR) is 82.8 cm³/mol. The molecule has 1 saturated heterocycles. The van der Waals surface area contributed by atoms with Crippen molar-refractivity contribution in [2.45, 2.75) is 51.1 Å². The largest absolute Gasteiger partial charge is 0.497 e. The average molecular weight is 274 g/mol. The molecule has 0 bridgehead atoms. The molecule has 1 saturated carbocycles. The second-order valence-corrected chi connectivity index (χ2v) is 6.34. The number of hydrogen-bond acceptors (Lipinski definition) is 3. The minimum absolute atomic E-state index is 0.796. The van der Waals surface area contributed by atoms with Crippen molar-refractivity contribution < 1.29 is 4.74 Å². The van der Waals surface area contributed by atoms with Crippen molar-refractivity contribution in [2.24, 2.45) is 5.92 Å². The zero-order valence-electron chi connectivity index (χ0n) is 12.5. The Bertz CT molecular complexity index is 458. The molecule has 0 aromatic heterocycles. The molecule has 2 atom stereocenters. The van der Waals surface area contributed by atoms with E-state index in [0.29, 0.717) is 0 Å². The number of nitrogens with zero attached hydrogens (tertiary/aromatic N) is 1. The van der Waals surface area contributed by atoms with Crippen molar-refractivity contribution in [1.29, 1.82) is 0 Å².